The lowest BCUT2D eigenvalue weighted by atomic mass is 10.2. The minimum Gasteiger partial charge on any atom is -0.347 e. The van der Waals surface area contributed by atoms with Gasteiger partial charge in [0.15, 0.2) is 0 Å². The minimum atomic E-state index is -0.0974. The monoisotopic (exact) mass is 270 g/mol. The van der Waals surface area contributed by atoms with E-state index in [9.17, 15) is 9.59 Å². The molecule has 6 nitrogen and oxygen atoms in total. The van der Waals surface area contributed by atoms with Gasteiger partial charge < -0.3 is 10.2 Å². The zero-order chi connectivity index (χ0) is 13.3. The Morgan fingerprint density at radius 1 is 1.44 bits per heavy atom. The van der Waals surface area contributed by atoms with Crippen molar-refractivity contribution in [2.45, 2.75) is 19.9 Å². The zero-order valence-electron chi connectivity index (χ0n) is 10.4. The van der Waals surface area contributed by atoms with Gasteiger partial charge in [0.25, 0.3) is 0 Å². The van der Waals surface area contributed by atoms with Gasteiger partial charge in [0.2, 0.25) is 11.8 Å². The third-order valence-electron chi connectivity index (χ3n) is 3.02. The summed E-state index contributed by atoms with van der Waals surface area (Å²) in [6.07, 6.45) is 0.322. The quantitative estimate of drug-likeness (QED) is 0.837. The van der Waals surface area contributed by atoms with E-state index < -0.39 is 0 Å². The molecular formula is C11H15ClN4O2. The zero-order valence-corrected chi connectivity index (χ0v) is 11.1. The van der Waals surface area contributed by atoms with Gasteiger partial charge in [-0.05, 0) is 6.92 Å². The number of nitrogens with one attached hydrogen (secondary N) is 1. The molecule has 18 heavy (non-hydrogen) atoms. The predicted octanol–water partition coefficient (Wildman–Crippen LogP) is 0.230. The molecule has 0 unspecified atom stereocenters. The number of carbonyl (C=O) groups is 2. The van der Waals surface area contributed by atoms with Crippen LogP contribution in [0, 0.1) is 6.92 Å². The molecule has 0 atom stereocenters. The molecular weight excluding hydrogens is 256 g/mol. The minimum absolute atomic E-state index is 0.0514. The first-order valence-electron chi connectivity index (χ1n) is 5.71. The van der Waals surface area contributed by atoms with E-state index in [0.717, 1.165) is 11.3 Å². The number of amides is 2. The van der Waals surface area contributed by atoms with Gasteiger partial charge in [-0.3, -0.25) is 14.3 Å². The van der Waals surface area contributed by atoms with Gasteiger partial charge in [0, 0.05) is 25.6 Å². The van der Waals surface area contributed by atoms with Crippen molar-refractivity contribution in [2.75, 3.05) is 13.1 Å². The molecule has 1 fully saturated rings. The van der Waals surface area contributed by atoms with Gasteiger partial charge in [-0.2, -0.15) is 5.10 Å². The van der Waals surface area contributed by atoms with E-state index in [4.69, 9.17) is 11.6 Å². The third-order valence-corrected chi connectivity index (χ3v) is 3.49. The molecule has 0 bridgehead atoms. The number of rotatable bonds is 2. The Bertz CT molecular complexity index is 497. The summed E-state index contributed by atoms with van der Waals surface area (Å²) < 4.78 is 1.58. The fraction of sp³-hybridized carbons (Fsp3) is 0.545. The van der Waals surface area contributed by atoms with E-state index in [1.54, 1.807) is 16.6 Å². The van der Waals surface area contributed by atoms with Crippen LogP contribution in [-0.4, -0.2) is 39.6 Å². The van der Waals surface area contributed by atoms with E-state index in [2.05, 4.69) is 10.4 Å². The lowest BCUT2D eigenvalue weighted by molar-refractivity contribution is -0.130. The van der Waals surface area contributed by atoms with Gasteiger partial charge in [-0.25, -0.2) is 0 Å². The van der Waals surface area contributed by atoms with Crippen LogP contribution in [0.2, 0.25) is 5.15 Å². The van der Waals surface area contributed by atoms with E-state index in [-0.39, 0.29) is 18.4 Å². The topological polar surface area (TPSA) is 67.2 Å². The SMILES string of the molecule is Cc1nn(C)c(Cl)c1CN1CCC(=O)NCC1=O. The summed E-state index contributed by atoms with van der Waals surface area (Å²) in [5.74, 6) is -0.194. The van der Waals surface area contributed by atoms with Crippen molar-refractivity contribution in [1.82, 2.24) is 20.0 Å². The van der Waals surface area contributed by atoms with Crippen LogP contribution in [0.4, 0.5) is 0 Å². The highest BCUT2D eigenvalue weighted by Gasteiger charge is 2.22. The molecule has 0 aromatic carbocycles. The van der Waals surface area contributed by atoms with Crippen LogP contribution in [0.25, 0.3) is 0 Å². The highest BCUT2D eigenvalue weighted by molar-refractivity contribution is 6.30. The summed E-state index contributed by atoms with van der Waals surface area (Å²) >= 11 is 6.13. The fourth-order valence-electron chi connectivity index (χ4n) is 1.95. The standard InChI is InChI=1S/C11H15ClN4O2/c1-7-8(11(12)15(2)14-7)6-16-4-3-9(17)13-5-10(16)18/h3-6H2,1-2H3,(H,13,17). The smallest absolute Gasteiger partial charge is 0.242 e. The molecule has 2 rings (SSSR count). The first-order valence-corrected chi connectivity index (χ1v) is 6.09. The molecule has 0 aliphatic carbocycles. The number of halogens is 1. The third kappa shape index (κ3) is 2.48. The molecule has 1 aliphatic rings. The van der Waals surface area contributed by atoms with Gasteiger partial charge in [-0.1, -0.05) is 11.6 Å². The maximum atomic E-state index is 11.8. The summed E-state index contributed by atoms with van der Waals surface area (Å²) in [7, 11) is 1.76. The number of aryl methyl sites for hydroxylation is 2. The molecule has 98 valence electrons. The van der Waals surface area contributed by atoms with Crippen LogP contribution in [0.15, 0.2) is 0 Å². The van der Waals surface area contributed by atoms with Gasteiger partial charge >= 0.3 is 0 Å². The first kappa shape index (κ1) is 12.9. The van der Waals surface area contributed by atoms with Gasteiger partial charge in [-0.15, -0.1) is 0 Å². The molecule has 0 radical (unpaired) electrons. The van der Waals surface area contributed by atoms with Gasteiger partial charge in [0.05, 0.1) is 18.8 Å². The van der Waals surface area contributed by atoms with Crippen molar-refractivity contribution in [3.8, 4) is 0 Å². The van der Waals surface area contributed by atoms with Crippen LogP contribution in [-0.2, 0) is 23.2 Å². The Balaban J connectivity index is 2.17. The molecule has 2 heterocycles. The van der Waals surface area contributed by atoms with E-state index in [1.807, 2.05) is 6.92 Å². The Hall–Kier alpha value is -1.56. The van der Waals surface area contributed by atoms with E-state index >= 15 is 0 Å². The second-order valence-electron chi connectivity index (χ2n) is 4.32. The van der Waals surface area contributed by atoms with Crippen LogP contribution >= 0.6 is 11.6 Å². The molecule has 1 aromatic heterocycles. The summed E-state index contributed by atoms with van der Waals surface area (Å²) in [4.78, 5) is 24.7. The summed E-state index contributed by atoms with van der Waals surface area (Å²) in [5.41, 5.74) is 1.64. The lowest BCUT2D eigenvalue weighted by Crippen LogP contribution is -2.34. The molecule has 2 amide bonds. The second kappa shape index (κ2) is 4.97. The summed E-state index contributed by atoms with van der Waals surface area (Å²) in [6.45, 7) is 2.71. The first-order chi connectivity index (χ1) is 8.49. The van der Waals surface area contributed by atoms with Crippen molar-refractivity contribution in [3.63, 3.8) is 0 Å². The van der Waals surface area contributed by atoms with E-state index in [1.165, 1.54) is 0 Å². The lowest BCUT2D eigenvalue weighted by Gasteiger charge is -2.19. The molecule has 1 saturated heterocycles. The molecule has 0 saturated carbocycles. The summed E-state index contributed by atoms with van der Waals surface area (Å²) in [5, 5.41) is 7.30. The van der Waals surface area contributed by atoms with Crippen LogP contribution in [0.5, 0.6) is 0 Å². The van der Waals surface area contributed by atoms with Crippen molar-refractivity contribution >= 4 is 23.4 Å². The highest BCUT2D eigenvalue weighted by atomic mass is 35.5. The van der Waals surface area contributed by atoms with Gasteiger partial charge in [0.1, 0.15) is 5.15 Å². The number of nitrogens with zero attached hydrogens (tertiary/aromatic N) is 3. The molecule has 7 heteroatoms. The number of hydrogen-bond acceptors (Lipinski definition) is 3. The van der Waals surface area contributed by atoms with Crippen molar-refractivity contribution < 1.29 is 9.59 Å². The van der Waals surface area contributed by atoms with Crippen LogP contribution < -0.4 is 5.32 Å². The maximum Gasteiger partial charge on any atom is 0.242 e. The van der Waals surface area contributed by atoms with Crippen molar-refractivity contribution in [3.05, 3.63) is 16.4 Å². The predicted molar refractivity (Wildman–Crippen MR) is 66.0 cm³/mol. The number of carbonyl (C=O) groups excluding carboxylic acids is 2. The van der Waals surface area contributed by atoms with E-state index in [0.29, 0.717) is 24.7 Å². The number of aromatic nitrogens is 2. The largest absolute Gasteiger partial charge is 0.347 e. The van der Waals surface area contributed by atoms with Crippen molar-refractivity contribution in [2.24, 2.45) is 7.05 Å². The average molecular weight is 271 g/mol. The molecule has 0 spiro atoms. The highest BCUT2D eigenvalue weighted by Crippen LogP contribution is 2.20. The molecule has 1 aromatic rings. The summed E-state index contributed by atoms with van der Waals surface area (Å²) in [6, 6.07) is 0. The van der Waals surface area contributed by atoms with Crippen molar-refractivity contribution in [1.29, 1.82) is 0 Å². The molecule has 1 N–H and O–H groups in total. The Kier molecular flexibility index (Phi) is 3.56. The average Bonchev–Trinajstić information content (AvgIpc) is 2.48. The van der Waals surface area contributed by atoms with Crippen LogP contribution in [0.3, 0.4) is 0 Å². The Morgan fingerprint density at radius 2 is 2.17 bits per heavy atom. The Morgan fingerprint density at radius 3 is 2.78 bits per heavy atom. The number of hydrogen-bond donors (Lipinski definition) is 1. The van der Waals surface area contributed by atoms with Crippen LogP contribution in [0.1, 0.15) is 17.7 Å². The maximum absolute atomic E-state index is 11.8. The normalized spacial score (nSPS) is 16.7. The fourth-order valence-corrected chi connectivity index (χ4v) is 2.18. The second-order valence-corrected chi connectivity index (χ2v) is 4.68. The molecule has 1 aliphatic heterocycles. The Labute approximate surface area is 110 Å².